The van der Waals surface area contributed by atoms with Crippen molar-refractivity contribution in [2.75, 3.05) is 0 Å². The van der Waals surface area contributed by atoms with E-state index >= 15 is 0 Å². The van der Waals surface area contributed by atoms with Gasteiger partial charge >= 0.3 is 39.8 Å². The van der Waals surface area contributed by atoms with Crippen LogP contribution in [0.4, 0.5) is 0 Å². The number of thiophene rings is 3. The molecule has 38 heteroatoms. The molecule has 0 atom stereocenters. The maximum Gasteiger partial charge on any atom is 0.333 e. The first-order chi connectivity index (χ1) is 53.8. The zero-order chi connectivity index (χ0) is 87.7. The van der Waals surface area contributed by atoms with Crippen molar-refractivity contribution in [3.05, 3.63) is 206 Å². The molecule has 116 heavy (non-hydrogen) atoms. The highest BCUT2D eigenvalue weighted by atomic mass is 32.1. The van der Waals surface area contributed by atoms with E-state index in [-0.39, 0.29) is 114 Å². The number of nitrogens with zero attached hydrogens (tertiary/aromatic N) is 19. The Labute approximate surface area is 679 Å². The van der Waals surface area contributed by atoms with Gasteiger partial charge in [0.05, 0.1) is 39.3 Å². The van der Waals surface area contributed by atoms with Crippen LogP contribution in [0.2, 0.25) is 0 Å². The van der Waals surface area contributed by atoms with Crippen molar-refractivity contribution in [3.8, 4) is 0 Å². The van der Waals surface area contributed by atoms with Crippen LogP contribution in [0, 0.1) is 27.7 Å². The van der Waals surface area contributed by atoms with Crippen molar-refractivity contribution >= 4 is 120 Å². The molecular formula is C78H105N19O15S4. The van der Waals surface area contributed by atoms with Crippen molar-refractivity contribution in [2.24, 2.45) is 106 Å². The maximum atomic E-state index is 12.2. The van der Waals surface area contributed by atoms with E-state index in [0.29, 0.717) is 65.4 Å². The summed E-state index contributed by atoms with van der Waals surface area (Å²) in [5.41, 5.74) is 3.53. The van der Waals surface area contributed by atoms with Gasteiger partial charge in [-0.1, -0.05) is 76.2 Å². The van der Waals surface area contributed by atoms with Crippen LogP contribution in [0.25, 0.3) is 74.2 Å². The van der Waals surface area contributed by atoms with Gasteiger partial charge in [-0.2, -0.15) is 9.47 Å². The molecule has 14 rings (SSSR count). The molecule has 0 aromatic carbocycles. The number of aromatic nitrogens is 19. The fourth-order valence-electron chi connectivity index (χ4n) is 14.3. The number of furan rings is 1. The minimum absolute atomic E-state index is 0.134. The Kier molecular flexibility index (Phi) is 26.9. The van der Waals surface area contributed by atoms with Gasteiger partial charge in [-0.05, 0) is 106 Å². The van der Waals surface area contributed by atoms with E-state index in [1.165, 1.54) is 132 Å². The van der Waals surface area contributed by atoms with Crippen LogP contribution in [-0.4, -0.2) is 87.6 Å². The molecule has 0 spiro atoms. The average Bonchev–Trinajstić information content (AvgIpc) is 1.62. The summed E-state index contributed by atoms with van der Waals surface area (Å²) in [5.74, 6) is 1.81. The van der Waals surface area contributed by atoms with E-state index in [1.54, 1.807) is 85.7 Å². The summed E-state index contributed by atoms with van der Waals surface area (Å²) in [6, 6.07) is 0.134. The number of imidazole rings is 1. The van der Waals surface area contributed by atoms with Gasteiger partial charge in [0, 0.05) is 132 Å². The predicted molar refractivity (Wildman–Crippen MR) is 464 cm³/mol. The first kappa shape index (κ1) is 90.5. The minimum Gasteiger partial charge on any atom is -0.444 e. The van der Waals surface area contributed by atoms with Gasteiger partial charge in [-0.3, -0.25) is 102 Å². The lowest BCUT2D eigenvalue weighted by Gasteiger charge is -2.08. The molecule has 626 valence electrons. The Morgan fingerprint density at radius 2 is 0.716 bits per heavy atom. The molecule has 14 aromatic heterocycles. The van der Waals surface area contributed by atoms with Gasteiger partial charge in [0.2, 0.25) is 5.71 Å². The quantitative estimate of drug-likeness (QED) is 0.158. The molecule has 0 amide bonds. The highest BCUT2D eigenvalue weighted by molar-refractivity contribution is 7.19. The summed E-state index contributed by atoms with van der Waals surface area (Å²) in [6.45, 7) is 34.0. The SMILES string of the molecule is CC(C)c1c2c(=O)n(C)c(=O)n(C)c2nn1C.CC(C)c1nsc2c1c(=O)n(C)c(=O)n2C.CC(C)n1cnc2c1c(=O)n(C)c(=O)n2C.CCc1sc2c(c1C)c(=O)n(C)c(=O)n2C.Cc1oc2c(c1C(C)C)c(=O)n(C)c(=O)n2C.Cc1sc2c(c1C(C)C)c(=O)n(C)c(=O)n2C.Cc1sc2c(c1C(C)C)c(=O)n(C)c(=O)n2C. The van der Waals surface area contributed by atoms with E-state index in [9.17, 15) is 67.1 Å². The molecule has 34 nitrogen and oxygen atoms in total. The summed E-state index contributed by atoms with van der Waals surface area (Å²) in [6.07, 6.45) is 2.48. The second-order valence-electron chi connectivity index (χ2n) is 30.5. The fourth-order valence-corrected chi connectivity index (χ4v) is 19.0. The Balaban J connectivity index is 0.000000169. The van der Waals surface area contributed by atoms with E-state index < -0.39 is 0 Å². The molecule has 0 unspecified atom stereocenters. The molecular weight excluding hydrogens is 1570 g/mol. The topological polar surface area (TPSA) is 370 Å². The summed E-state index contributed by atoms with van der Waals surface area (Å²) in [7, 11) is 23.9. The predicted octanol–water partition coefficient (Wildman–Crippen LogP) is 6.82. The average molecular weight is 1680 g/mol. The summed E-state index contributed by atoms with van der Waals surface area (Å²) in [4.78, 5) is 177. The Hall–Kier alpha value is -11.0. The third kappa shape index (κ3) is 15.7. The Morgan fingerprint density at radius 3 is 1.11 bits per heavy atom. The van der Waals surface area contributed by atoms with Crippen LogP contribution in [0.1, 0.15) is 180 Å². The third-order valence-electron chi connectivity index (χ3n) is 20.6. The van der Waals surface area contributed by atoms with Gasteiger partial charge in [0.25, 0.3) is 38.9 Å². The normalized spacial score (nSPS) is 11.6. The third-order valence-corrected chi connectivity index (χ3v) is 25.5. The molecule has 0 radical (unpaired) electrons. The summed E-state index contributed by atoms with van der Waals surface area (Å²) in [5, 5.41) is 7.98. The monoisotopic (exact) mass is 1680 g/mol. The van der Waals surface area contributed by atoms with Gasteiger partial charge in [0.15, 0.2) is 16.8 Å². The first-order valence-electron chi connectivity index (χ1n) is 37.4. The molecule has 0 N–H and O–H groups in total. The molecule has 14 heterocycles. The lowest BCUT2D eigenvalue weighted by molar-refractivity contribution is 0.531. The van der Waals surface area contributed by atoms with E-state index in [2.05, 4.69) is 49.1 Å². The van der Waals surface area contributed by atoms with Crippen LogP contribution in [0.3, 0.4) is 0 Å². The van der Waals surface area contributed by atoms with Crippen molar-refractivity contribution in [3.63, 3.8) is 0 Å². The lowest BCUT2D eigenvalue weighted by atomic mass is 10.0. The maximum absolute atomic E-state index is 12.2. The van der Waals surface area contributed by atoms with Gasteiger partial charge < -0.3 is 8.98 Å². The van der Waals surface area contributed by atoms with Crippen molar-refractivity contribution in [1.82, 2.24) is 87.6 Å². The van der Waals surface area contributed by atoms with Crippen LogP contribution in [-0.2, 0) is 112 Å². The zero-order valence-corrected chi connectivity index (χ0v) is 75.3. The minimum atomic E-state index is -0.369. The molecule has 0 aliphatic heterocycles. The number of rotatable bonds is 7. The molecule has 0 bridgehead atoms. The highest BCUT2D eigenvalue weighted by Gasteiger charge is 2.26. The van der Waals surface area contributed by atoms with E-state index in [0.717, 1.165) is 82.6 Å². The fraction of sp³-hybridized carbons (Fsp3) is 0.500. The standard InChI is InChI=1S/C12H16N2O3.2C12H16N2O2S.C11H16N4O2.C11H14N2O2S.C10H14N4O2.C10H13N3O2S/c3*1-6(2)8-7(3)17-11-9(8)10(15)13(4)12(16)14(11)5;1-6(2)8-7-9(12-15(8)5)13(3)11(17)14(4)10(7)16;1-5-7-6(2)8-9(14)12(3)11(15)13(4)10(8)16-7;1-6(2)14-5-11-8-7(14)9(15)13(4)10(16)12(8)3;1-5(2)7-6-8(14)12(3)10(15)13(4)9(6)16-11-7/h4*6H,1-5H3;5H2,1-4H3;5-6H,1-4H3;5H,1-4H3. The number of fused-ring (bicyclic) bond motifs is 7. The molecule has 0 aliphatic carbocycles. The second-order valence-corrected chi connectivity index (χ2v) is 34.8. The van der Waals surface area contributed by atoms with Gasteiger partial charge in [0.1, 0.15) is 35.9 Å². The molecule has 14 aromatic rings. The number of hydrogen-bond acceptors (Lipinski definition) is 22. The summed E-state index contributed by atoms with van der Waals surface area (Å²) >= 11 is 5.78. The van der Waals surface area contributed by atoms with Crippen LogP contribution in [0.5, 0.6) is 0 Å². The number of hydrogen-bond donors (Lipinski definition) is 0. The smallest absolute Gasteiger partial charge is 0.333 e. The van der Waals surface area contributed by atoms with Crippen molar-refractivity contribution in [1.29, 1.82) is 0 Å². The Morgan fingerprint density at radius 1 is 0.362 bits per heavy atom. The molecule has 0 saturated heterocycles. The molecule has 0 saturated carbocycles. The highest BCUT2D eigenvalue weighted by Crippen LogP contribution is 2.35. The second kappa shape index (κ2) is 34.4. The van der Waals surface area contributed by atoms with Crippen LogP contribution in [0.15, 0.2) is 77.9 Å². The lowest BCUT2D eigenvalue weighted by Crippen LogP contribution is -2.37. The van der Waals surface area contributed by atoms with Crippen LogP contribution < -0.4 is 78.7 Å². The molecule has 0 aliphatic rings. The van der Waals surface area contributed by atoms with Gasteiger partial charge in [-0.25, -0.2) is 38.5 Å². The zero-order valence-electron chi connectivity index (χ0n) is 72.0. The Bertz CT molecular complexity index is 6590. The van der Waals surface area contributed by atoms with Crippen molar-refractivity contribution < 1.29 is 4.42 Å². The largest absolute Gasteiger partial charge is 0.444 e. The van der Waals surface area contributed by atoms with E-state index in [4.69, 9.17) is 4.42 Å². The molecule has 0 fully saturated rings. The first-order valence-corrected chi connectivity index (χ1v) is 40.6. The van der Waals surface area contributed by atoms with Crippen molar-refractivity contribution in [2.45, 2.75) is 160 Å². The van der Waals surface area contributed by atoms with E-state index in [1.807, 2.05) is 83.1 Å². The van der Waals surface area contributed by atoms with Gasteiger partial charge in [-0.15, -0.1) is 34.0 Å². The summed E-state index contributed by atoms with van der Waals surface area (Å²) < 4.78 is 31.6. The number of aryl methyl sites for hydroxylation is 13. The van der Waals surface area contributed by atoms with Crippen LogP contribution >= 0.6 is 45.5 Å².